The minimum Gasteiger partial charge on any atom is -0.393 e. The zero-order valence-corrected chi connectivity index (χ0v) is 11.6. The van der Waals surface area contributed by atoms with Crippen molar-refractivity contribution in [1.29, 1.82) is 0 Å². The van der Waals surface area contributed by atoms with Crippen LogP contribution in [0.5, 0.6) is 0 Å². The van der Waals surface area contributed by atoms with E-state index in [2.05, 4.69) is 9.88 Å². The van der Waals surface area contributed by atoms with Crippen molar-refractivity contribution < 1.29 is 9.50 Å². The zero-order chi connectivity index (χ0) is 14.1. The summed E-state index contributed by atoms with van der Waals surface area (Å²) in [6.07, 6.45) is 3.57. The van der Waals surface area contributed by atoms with Crippen LogP contribution in [0.3, 0.4) is 0 Å². The molecule has 0 radical (unpaired) electrons. The number of hydrogen-bond donors (Lipinski definition) is 1. The number of pyridine rings is 1. The maximum atomic E-state index is 13.3. The van der Waals surface area contributed by atoms with Gasteiger partial charge in [0.1, 0.15) is 5.82 Å². The van der Waals surface area contributed by atoms with E-state index < -0.39 is 0 Å². The Bertz CT molecular complexity index is 614. The first-order valence-corrected chi connectivity index (χ1v) is 7.12. The Morgan fingerprint density at radius 3 is 3.05 bits per heavy atom. The Balaban J connectivity index is 1.97. The molecule has 1 aliphatic rings. The molecule has 0 amide bonds. The van der Waals surface area contributed by atoms with Crippen LogP contribution in [0.15, 0.2) is 30.5 Å². The third-order valence-corrected chi connectivity index (χ3v) is 4.16. The predicted molar refractivity (Wildman–Crippen MR) is 78.3 cm³/mol. The molecule has 1 aromatic carbocycles. The van der Waals surface area contributed by atoms with Crippen LogP contribution in [0, 0.1) is 11.7 Å². The van der Waals surface area contributed by atoms with Gasteiger partial charge in [-0.1, -0.05) is 0 Å². The number of nitrogens with zero attached hydrogens (tertiary/aromatic N) is 2. The van der Waals surface area contributed by atoms with Crippen LogP contribution in [-0.4, -0.2) is 29.3 Å². The normalized spacial score (nSPS) is 21.1. The summed E-state index contributed by atoms with van der Waals surface area (Å²) in [5.74, 6) is 0.0371. The Labute approximate surface area is 118 Å². The summed E-state index contributed by atoms with van der Waals surface area (Å²) in [5.41, 5.74) is 1.77. The molecule has 1 aromatic heterocycles. The summed E-state index contributed by atoms with van der Waals surface area (Å²) in [5, 5.41) is 10.8. The molecule has 2 atom stereocenters. The fraction of sp³-hybridized carbons (Fsp3) is 0.438. The number of aromatic nitrogens is 1. The average molecular weight is 274 g/mol. The Morgan fingerprint density at radius 1 is 1.40 bits per heavy atom. The number of hydrogen-bond acceptors (Lipinski definition) is 3. The van der Waals surface area contributed by atoms with Crippen molar-refractivity contribution in [2.75, 3.05) is 18.0 Å². The number of benzene rings is 1. The molecule has 1 fully saturated rings. The van der Waals surface area contributed by atoms with E-state index in [1.54, 1.807) is 12.3 Å². The van der Waals surface area contributed by atoms with Gasteiger partial charge in [-0.3, -0.25) is 4.98 Å². The van der Waals surface area contributed by atoms with Crippen LogP contribution in [0.25, 0.3) is 10.9 Å². The summed E-state index contributed by atoms with van der Waals surface area (Å²) >= 11 is 0. The number of halogens is 1. The number of aliphatic hydroxyl groups is 1. The first-order valence-electron chi connectivity index (χ1n) is 7.12. The Hall–Kier alpha value is -1.68. The van der Waals surface area contributed by atoms with Gasteiger partial charge in [0.25, 0.3) is 0 Å². The minimum absolute atomic E-state index is 0.261. The van der Waals surface area contributed by atoms with Gasteiger partial charge in [-0.05, 0) is 38.0 Å². The molecule has 20 heavy (non-hydrogen) atoms. The van der Waals surface area contributed by atoms with Gasteiger partial charge in [0.15, 0.2) is 0 Å². The van der Waals surface area contributed by atoms with Crippen LogP contribution in [0.1, 0.15) is 19.8 Å². The fourth-order valence-electron chi connectivity index (χ4n) is 3.00. The first kappa shape index (κ1) is 13.3. The predicted octanol–water partition coefficient (Wildman–Crippen LogP) is 2.97. The standard InChI is InChI=1S/C16H19FN2O/c1-11(20)12-3-2-8-19(10-12)16-6-7-18-15-9-13(17)4-5-14(15)16/h4-7,9,11-12,20H,2-3,8,10H2,1H3. The second-order valence-electron chi connectivity index (χ2n) is 5.58. The highest BCUT2D eigenvalue weighted by molar-refractivity contribution is 5.91. The van der Waals surface area contributed by atoms with E-state index in [1.807, 2.05) is 13.0 Å². The van der Waals surface area contributed by atoms with E-state index in [-0.39, 0.29) is 11.9 Å². The fourth-order valence-corrected chi connectivity index (χ4v) is 3.00. The van der Waals surface area contributed by atoms with E-state index in [9.17, 15) is 9.50 Å². The molecule has 3 nitrogen and oxygen atoms in total. The molecule has 1 saturated heterocycles. The number of piperidine rings is 1. The molecule has 2 heterocycles. The Kier molecular flexibility index (Phi) is 3.57. The van der Waals surface area contributed by atoms with Crippen molar-refractivity contribution >= 4 is 16.6 Å². The molecule has 2 aromatic rings. The average Bonchev–Trinajstić information content (AvgIpc) is 2.46. The lowest BCUT2D eigenvalue weighted by molar-refractivity contribution is 0.115. The van der Waals surface area contributed by atoms with Gasteiger partial charge in [-0.15, -0.1) is 0 Å². The number of anilines is 1. The Morgan fingerprint density at radius 2 is 2.25 bits per heavy atom. The van der Waals surface area contributed by atoms with Crippen LogP contribution in [0.4, 0.5) is 10.1 Å². The molecule has 1 aliphatic heterocycles. The maximum absolute atomic E-state index is 13.3. The third-order valence-electron chi connectivity index (χ3n) is 4.16. The highest BCUT2D eigenvalue weighted by atomic mass is 19.1. The van der Waals surface area contributed by atoms with E-state index in [0.29, 0.717) is 11.4 Å². The quantitative estimate of drug-likeness (QED) is 0.914. The van der Waals surface area contributed by atoms with Crippen molar-refractivity contribution in [3.05, 3.63) is 36.3 Å². The van der Waals surface area contributed by atoms with Gasteiger partial charge in [-0.2, -0.15) is 0 Å². The van der Waals surface area contributed by atoms with E-state index in [1.165, 1.54) is 12.1 Å². The molecule has 0 aliphatic carbocycles. The molecular weight excluding hydrogens is 255 g/mol. The second-order valence-corrected chi connectivity index (χ2v) is 5.58. The monoisotopic (exact) mass is 274 g/mol. The lowest BCUT2D eigenvalue weighted by Gasteiger charge is -2.36. The van der Waals surface area contributed by atoms with Gasteiger partial charge in [0.2, 0.25) is 0 Å². The van der Waals surface area contributed by atoms with Crippen molar-refractivity contribution in [2.45, 2.75) is 25.9 Å². The van der Waals surface area contributed by atoms with Gasteiger partial charge >= 0.3 is 0 Å². The lowest BCUT2D eigenvalue weighted by Crippen LogP contribution is -2.39. The molecule has 3 rings (SSSR count). The number of fused-ring (bicyclic) bond motifs is 1. The van der Waals surface area contributed by atoms with Gasteiger partial charge < -0.3 is 10.0 Å². The largest absolute Gasteiger partial charge is 0.393 e. The van der Waals surface area contributed by atoms with E-state index in [0.717, 1.165) is 37.0 Å². The summed E-state index contributed by atoms with van der Waals surface area (Å²) in [7, 11) is 0. The SMILES string of the molecule is CC(O)C1CCCN(c2ccnc3cc(F)ccc23)C1. The molecule has 106 valence electrons. The van der Waals surface area contributed by atoms with Crippen LogP contribution in [0.2, 0.25) is 0 Å². The van der Waals surface area contributed by atoms with E-state index >= 15 is 0 Å². The van der Waals surface area contributed by atoms with Crippen molar-refractivity contribution in [1.82, 2.24) is 4.98 Å². The van der Waals surface area contributed by atoms with Crippen molar-refractivity contribution in [3.63, 3.8) is 0 Å². The summed E-state index contributed by atoms with van der Waals surface area (Å²) in [4.78, 5) is 6.52. The van der Waals surface area contributed by atoms with Gasteiger partial charge in [0.05, 0.1) is 11.6 Å². The maximum Gasteiger partial charge on any atom is 0.125 e. The van der Waals surface area contributed by atoms with Crippen molar-refractivity contribution in [3.8, 4) is 0 Å². The zero-order valence-electron chi connectivity index (χ0n) is 11.6. The number of aliphatic hydroxyl groups excluding tert-OH is 1. The summed E-state index contributed by atoms with van der Waals surface area (Å²) in [6, 6.07) is 6.71. The molecule has 0 spiro atoms. The molecular formula is C16H19FN2O. The highest BCUT2D eigenvalue weighted by Crippen LogP contribution is 2.30. The second kappa shape index (κ2) is 5.37. The molecule has 0 saturated carbocycles. The third kappa shape index (κ3) is 2.48. The van der Waals surface area contributed by atoms with Crippen molar-refractivity contribution in [2.24, 2.45) is 5.92 Å². The van der Waals surface area contributed by atoms with Gasteiger partial charge in [0, 0.05) is 42.3 Å². The molecule has 2 unspecified atom stereocenters. The lowest BCUT2D eigenvalue weighted by atomic mass is 9.93. The highest BCUT2D eigenvalue weighted by Gasteiger charge is 2.24. The summed E-state index contributed by atoms with van der Waals surface area (Å²) in [6.45, 7) is 3.67. The smallest absolute Gasteiger partial charge is 0.125 e. The van der Waals surface area contributed by atoms with E-state index in [4.69, 9.17) is 0 Å². The van der Waals surface area contributed by atoms with Crippen LogP contribution >= 0.6 is 0 Å². The molecule has 4 heteroatoms. The van der Waals surface area contributed by atoms with Crippen LogP contribution in [-0.2, 0) is 0 Å². The molecule has 1 N–H and O–H groups in total. The van der Waals surface area contributed by atoms with Crippen LogP contribution < -0.4 is 4.90 Å². The number of rotatable bonds is 2. The summed E-state index contributed by atoms with van der Waals surface area (Å²) < 4.78 is 13.3. The topological polar surface area (TPSA) is 36.4 Å². The first-order chi connectivity index (χ1) is 9.65. The van der Waals surface area contributed by atoms with Gasteiger partial charge in [-0.25, -0.2) is 4.39 Å². The molecule has 0 bridgehead atoms. The minimum atomic E-state index is -0.289.